The van der Waals surface area contributed by atoms with E-state index in [0.29, 0.717) is 32.8 Å². The fraction of sp³-hybridized carbons (Fsp3) is 0.692. The maximum Gasteiger partial charge on any atom is 0.225 e. The van der Waals surface area contributed by atoms with Gasteiger partial charge < -0.3 is 19.7 Å². The number of likely N-dealkylation sites (tertiary alicyclic amines) is 1. The zero-order chi connectivity index (χ0) is 24.7. The maximum absolute atomic E-state index is 13.4. The van der Waals surface area contributed by atoms with Gasteiger partial charge in [-0.3, -0.25) is 14.5 Å². The van der Waals surface area contributed by atoms with Crippen LogP contribution in [0.15, 0.2) is 12.1 Å². The summed E-state index contributed by atoms with van der Waals surface area (Å²) in [6.07, 6.45) is 4.10. The summed E-state index contributed by atoms with van der Waals surface area (Å²) in [5.74, 6) is 0.818. The number of hydrogen-bond acceptors (Lipinski definition) is 5. The second kappa shape index (κ2) is 12.2. The van der Waals surface area contributed by atoms with E-state index in [1.54, 1.807) is 0 Å². The quantitative estimate of drug-likeness (QED) is 0.567. The van der Waals surface area contributed by atoms with Crippen molar-refractivity contribution in [3.8, 4) is 5.75 Å². The normalized spacial score (nSPS) is 22.0. The summed E-state index contributed by atoms with van der Waals surface area (Å²) in [5.41, 5.74) is 1.25. The predicted octanol–water partition coefficient (Wildman–Crippen LogP) is 3.72. The summed E-state index contributed by atoms with van der Waals surface area (Å²) in [6.45, 7) is 12.4. The van der Waals surface area contributed by atoms with Crippen LogP contribution in [0.5, 0.6) is 5.75 Å². The molecule has 1 N–H and O–H groups in total. The van der Waals surface area contributed by atoms with Crippen LogP contribution in [-0.4, -0.2) is 79.2 Å². The zero-order valence-electron chi connectivity index (χ0n) is 21.1. The lowest BCUT2D eigenvalue weighted by molar-refractivity contribution is -0.156. The number of unbranched alkanes of at least 4 members (excludes halogenated alkanes) is 1. The fourth-order valence-corrected chi connectivity index (χ4v) is 5.00. The molecule has 0 aromatic heterocycles. The lowest BCUT2D eigenvalue weighted by atomic mass is 9.95. The molecule has 7 nitrogen and oxygen atoms in total. The van der Waals surface area contributed by atoms with Crippen LogP contribution in [0.4, 0.5) is 0 Å². The van der Waals surface area contributed by atoms with Crippen molar-refractivity contribution >= 4 is 23.4 Å². The molecule has 0 radical (unpaired) electrons. The van der Waals surface area contributed by atoms with E-state index in [2.05, 4.69) is 17.1 Å². The van der Waals surface area contributed by atoms with Crippen LogP contribution in [0.25, 0.3) is 0 Å². The third-order valence-electron chi connectivity index (χ3n) is 6.80. The van der Waals surface area contributed by atoms with Crippen LogP contribution < -0.4 is 10.1 Å². The molecule has 1 unspecified atom stereocenters. The van der Waals surface area contributed by atoms with E-state index >= 15 is 0 Å². The number of ether oxygens (including phenoxy) is 2. The van der Waals surface area contributed by atoms with Gasteiger partial charge in [0, 0.05) is 44.2 Å². The van der Waals surface area contributed by atoms with Crippen molar-refractivity contribution in [2.75, 3.05) is 45.9 Å². The van der Waals surface area contributed by atoms with Crippen molar-refractivity contribution in [3.05, 3.63) is 28.3 Å². The Bertz CT molecular complexity index is 833. The third-order valence-corrected chi connectivity index (χ3v) is 7.39. The number of rotatable bonds is 9. The topological polar surface area (TPSA) is 71.1 Å². The molecule has 0 bridgehead atoms. The first-order chi connectivity index (χ1) is 16.2. The molecule has 2 fully saturated rings. The number of halogens is 1. The van der Waals surface area contributed by atoms with Crippen molar-refractivity contribution in [2.24, 2.45) is 0 Å². The van der Waals surface area contributed by atoms with Gasteiger partial charge in [-0.05, 0) is 62.9 Å². The van der Waals surface area contributed by atoms with E-state index in [1.807, 2.05) is 30.9 Å². The first-order valence-corrected chi connectivity index (χ1v) is 12.9. The van der Waals surface area contributed by atoms with Gasteiger partial charge in [0.25, 0.3) is 0 Å². The Labute approximate surface area is 209 Å². The van der Waals surface area contributed by atoms with Crippen molar-refractivity contribution in [2.45, 2.75) is 71.4 Å². The highest BCUT2D eigenvalue weighted by Gasteiger charge is 2.41. The molecular weight excluding hydrogens is 454 g/mol. The van der Waals surface area contributed by atoms with Gasteiger partial charge in [0.15, 0.2) is 0 Å². The molecule has 2 heterocycles. The molecule has 2 saturated heterocycles. The van der Waals surface area contributed by atoms with Crippen LogP contribution in [0.2, 0.25) is 5.02 Å². The average molecular weight is 494 g/mol. The average Bonchev–Trinajstić information content (AvgIpc) is 2.80. The molecule has 2 aliphatic heterocycles. The minimum Gasteiger partial charge on any atom is -0.490 e. The smallest absolute Gasteiger partial charge is 0.225 e. The molecule has 1 atom stereocenters. The molecule has 3 rings (SSSR count). The zero-order valence-corrected chi connectivity index (χ0v) is 21.9. The monoisotopic (exact) mass is 493 g/mol. The minimum atomic E-state index is -0.695. The van der Waals surface area contributed by atoms with Gasteiger partial charge in [-0.25, -0.2) is 0 Å². The highest BCUT2D eigenvalue weighted by molar-refractivity contribution is 6.32. The standard InChI is InChI=1S/C26H40ClN3O4/c1-5-6-9-29-12-13-34-26(17-29,18-33-23-14-19(2)25(27)20(3)15-23)16-24(32)30-10-7-22(8-11-30)28-21(4)31/h14-15,22H,5-13,16-18H2,1-4H3,(H,28,31). The molecule has 2 amide bonds. The van der Waals surface area contributed by atoms with Crippen LogP contribution >= 0.6 is 11.6 Å². The molecule has 190 valence electrons. The third kappa shape index (κ3) is 7.33. The maximum atomic E-state index is 13.4. The number of carbonyl (C=O) groups is 2. The lowest BCUT2D eigenvalue weighted by Crippen LogP contribution is -2.57. The Morgan fingerprint density at radius 2 is 1.88 bits per heavy atom. The second-order valence-electron chi connectivity index (χ2n) is 9.85. The largest absolute Gasteiger partial charge is 0.490 e. The summed E-state index contributed by atoms with van der Waals surface area (Å²) >= 11 is 6.33. The number of piperidine rings is 1. The van der Waals surface area contributed by atoms with Crippen molar-refractivity contribution in [1.82, 2.24) is 15.1 Å². The summed E-state index contributed by atoms with van der Waals surface area (Å²) in [5, 5.41) is 3.72. The lowest BCUT2D eigenvalue weighted by Gasteiger charge is -2.43. The minimum absolute atomic E-state index is 0.0173. The number of amides is 2. The van der Waals surface area contributed by atoms with Gasteiger partial charge in [-0.15, -0.1) is 0 Å². The van der Waals surface area contributed by atoms with Gasteiger partial charge in [0.1, 0.15) is 18.0 Å². The SMILES string of the molecule is CCCCN1CCOC(COc2cc(C)c(Cl)c(C)c2)(CC(=O)N2CCC(NC(C)=O)CC2)C1. The van der Waals surface area contributed by atoms with E-state index in [-0.39, 0.29) is 24.3 Å². The predicted molar refractivity (Wildman–Crippen MR) is 134 cm³/mol. The number of morpholine rings is 1. The summed E-state index contributed by atoms with van der Waals surface area (Å²) < 4.78 is 12.6. The first-order valence-electron chi connectivity index (χ1n) is 12.5. The molecule has 34 heavy (non-hydrogen) atoms. The molecule has 2 aliphatic rings. The molecular formula is C26H40ClN3O4. The first kappa shape index (κ1) is 26.8. The van der Waals surface area contributed by atoms with Crippen LogP contribution in [0.3, 0.4) is 0 Å². The summed E-state index contributed by atoms with van der Waals surface area (Å²) in [4.78, 5) is 29.0. The number of nitrogens with one attached hydrogen (secondary N) is 1. The Balaban J connectivity index is 1.69. The van der Waals surface area contributed by atoms with Gasteiger partial charge in [-0.1, -0.05) is 24.9 Å². The number of benzene rings is 1. The number of hydrogen-bond donors (Lipinski definition) is 1. The van der Waals surface area contributed by atoms with Gasteiger partial charge in [-0.2, -0.15) is 0 Å². The second-order valence-corrected chi connectivity index (χ2v) is 10.2. The van der Waals surface area contributed by atoms with E-state index in [4.69, 9.17) is 21.1 Å². The Morgan fingerprint density at radius 3 is 2.50 bits per heavy atom. The number of carbonyl (C=O) groups excluding carboxylic acids is 2. The number of aryl methyl sites for hydroxylation is 2. The van der Waals surface area contributed by atoms with E-state index in [9.17, 15) is 9.59 Å². The molecule has 0 aliphatic carbocycles. The summed E-state index contributed by atoms with van der Waals surface area (Å²) in [7, 11) is 0. The molecule has 0 saturated carbocycles. The van der Waals surface area contributed by atoms with Crippen molar-refractivity contribution in [3.63, 3.8) is 0 Å². The van der Waals surface area contributed by atoms with Gasteiger partial charge in [0.05, 0.1) is 13.0 Å². The molecule has 1 aromatic rings. The molecule has 0 spiro atoms. The fourth-order valence-electron chi connectivity index (χ4n) is 4.89. The number of nitrogens with zero attached hydrogens (tertiary/aromatic N) is 2. The molecule has 1 aromatic carbocycles. The van der Waals surface area contributed by atoms with Gasteiger partial charge in [0.2, 0.25) is 11.8 Å². The Kier molecular flexibility index (Phi) is 9.63. The molecule has 8 heteroatoms. The highest BCUT2D eigenvalue weighted by Crippen LogP contribution is 2.29. The highest BCUT2D eigenvalue weighted by atomic mass is 35.5. The van der Waals surface area contributed by atoms with Crippen LogP contribution in [0.1, 0.15) is 57.1 Å². The Morgan fingerprint density at radius 1 is 1.21 bits per heavy atom. The van der Waals surface area contributed by atoms with E-state index < -0.39 is 5.60 Å². The summed E-state index contributed by atoms with van der Waals surface area (Å²) in [6, 6.07) is 4.02. The van der Waals surface area contributed by atoms with E-state index in [0.717, 1.165) is 60.7 Å². The van der Waals surface area contributed by atoms with Crippen molar-refractivity contribution < 1.29 is 19.1 Å². The Hall–Kier alpha value is -1.83. The van der Waals surface area contributed by atoms with Crippen LogP contribution in [-0.2, 0) is 14.3 Å². The van der Waals surface area contributed by atoms with Gasteiger partial charge >= 0.3 is 0 Å². The van der Waals surface area contributed by atoms with E-state index in [1.165, 1.54) is 6.92 Å². The van der Waals surface area contributed by atoms with Crippen LogP contribution in [0, 0.1) is 13.8 Å². The van der Waals surface area contributed by atoms with Crippen molar-refractivity contribution in [1.29, 1.82) is 0 Å².